The quantitative estimate of drug-likeness (QED) is 0.604. The van der Waals surface area contributed by atoms with Crippen LogP contribution in [0.1, 0.15) is 51.3 Å². The molecule has 0 aliphatic heterocycles. The molecule has 2 aromatic heterocycles. The van der Waals surface area contributed by atoms with Crippen molar-refractivity contribution in [2.75, 3.05) is 6.61 Å². The number of benzene rings is 1. The minimum absolute atomic E-state index is 0.0858. The average Bonchev–Trinajstić information content (AvgIpc) is 3.03. The van der Waals surface area contributed by atoms with Crippen LogP contribution in [-0.4, -0.2) is 22.5 Å². The number of carbonyl (C=O) groups excluding carboxylic acids is 1. The van der Waals surface area contributed by atoms with E-state index in [0.717, 1.165) is 5.56 Å². The fourth-order valence-corrected chi connectivity index (χ4v) is 4.83. The van der Waals surface area contributed by atoms with E-state index >= 15 is 0 Å². The largest absolute Gasteiger partial charge is 0.462 e. The number of aromatic nitrogens is 2. The molecule has 0 aliphatic carbocycles. The summed E-state index contributed by atoms with van der Waals surface area (Å²) in [5, 5.41) is 9.56. The Morgan fingerprint density at radius 3 is 2.89 bits per heavy atom. The summed E-state index contributed by atoms with van der Waals surface area (Å²) in [4.78, 5) is 33.1. The third-order valence-corrected chi connectivity index (χ3v) is 6.66. The highest BCUT2D eigenvalue weighted by atomic mass is 32.2. The normalized spacial score (nSPS) is 11.9. The van der Waals surface area contributed by atoms with Crippen LogP contribution in [0.2, 0.25) is 0 Å². The highest BCUT2D eigenvalue weighted by Crippen LogP contribution is 2.32. The molecule has 3 rings (SSSR count). The number of ether oxygens (including phenoxy) is 1. The zero-order chi connectivity index (χ0) is 20.3. The molecule has 0 amide bonds. The number of H-pyrrole nitrogens is 1. The maximum absolute atomic E-state index is 12.6. The number of esters is 1. The number of nitrogens with one attached hydrogen (secondary N) is 1. The summed E-state index contributed by atoms with van der Waals surface area (Å²) in [5.41, 5.74) is 1.94. The van der Waals surface area contributed by atoms with Crippen LogP contribution >= 0.6 is 23.1 Å². The van der Waals surface area contributed by atoms with Gasteiger partial charge in [0.15, 0.2) is 0 Å². The Kier molecular flexibility index (Phi) is 6.17. The monoisotopic (exact) mass is 413 g/mol. The number of hydrogen-bond donors (Lipinski definition) is 1. The standard InChI is InChI=1S/C20H19N3O3S2/c1-4-26-20(25)16-11(2)15-18(24)22-17(23-19(15)28-16)12(3)27-10-14-8-6-5-7-13(14)9-21/h5-8,12H,4,10H2,1-3H3,(H,22,23,24)/t12-/m1/s1. The molecule has 1 aromatic carbocycles. The molecule has 0 saturated carbocycles. The molecule has 0 bridgehead atoms. The van der Waals surface area contributed by atoms with Crippen molar-refractivity contribution in [1.82, 2.24) is 9.97 Å². The van der Waals surface area contributed by atoms with E-state index in [1.165, 1.54) is 11.3 Å². The Morgan fingerprint density at radius 2 is 2.18 bits per heavy atom. The van der Waals surface area contributed by atoms with Crippen LogP contribution < -0.4 is 5.56 Å². The van der Waals surface area contributed by atoms with Gasteiger partial charge in [0.25, 0.3) is 5.56 Å². The van der Waals surface area contributed by atoms with Crippen LogP contribution in [0, 0.1) is 18.3 Å². The minimum Gasteiger partial charge on any atom is -0.462 e. The molecular formula is C20H19N3O3S2. The number of nitrogens with zero attached hydrogens (tertiary/aromatic N) is 2. The number of aromatic amines is 1. The number of nitriles is 1. The molecule has 28 heavy (non-hydrogen) atoms. The fourth-order valence-electron chi connectivity index (χ4n) is 2.79. The number of rotatable bonds is 6. The molecule has 6 nitrogen and oxygen atoms in total. The van der Waals surface area contributed by atoms with E-state index in [0.29, 0.717) is 37.8 Å². The molecule has 0 fully saturated rings. The van der Waals surface area contributed by atoms with Crippen molar-refractivity contribution < 1.29 is 9.53 Å². The first kappa shape index (κ1) is 20.1. The number of thiophene rings is 1. The van der Waals surface area contributed by atoms with Crippen molar-refractivity contribution >= 4 is 39.3 Å². The Bertz CT molecular complexity index is 1130. The SMILES string of the molecule is CCOC(=O)c1sc2nc([C@@H](C)SCc3ccccc3C#N)[nH]c(=O)c2c1C. The summed E-state index contributed by atoms with van der Waals surface area (Å²) in [5.74, 6) is 0.748. The number of fused-ring (bicyclic) bond motifs is 1. The summed E-state index contributed by atoms with van der Waals surface area (Å²) >= 11 is 2.76. The van der Waals surface area contributed by atoms with Crippen molar-refractivity contribution in [2.45, 2.75) is 31.8 Å². The van der Waals surface area contributed by atoms with Gasteiger partial charge in [0, 0.05) is 5.75 Å². The number of hydrogen-bond acceptors (Lipinski definition) is 7. The Hall–Kier alpha value is -2.63. The van der Waals surface area contributed by atoms with Gasteiger partial charge < -0.3 is 9.72 Å². The van der Waals surface area contributed by atoms with Crippen LogP contribution in [0.4, 0.5) is 0 Å². The van der Waals surface area contributed by atoms with Gasteiger partial charge in [-0.3, -0.25) is 4.79 Å². The summed E-state index contributed by atoms with van der Waals surface area (Å²) in [6.07, 6.45) is 0. The van der Waals surface area contributed by atoms with Gasteiger partial charge >= 0.3 is 5.97 Å². The Morgan fingerprint density at radius 1 is 1.43 bits per heavy atom. The lowest BCUT2D eigenvalue weighted by atomic mass is 10.1. The van der Waals surface area contributed by atoms with Gasteiger partial charge in [-0.1, -0.05) is 18.2 Å². The molecule has 0 radical (unpaired) electrons. The molecular weight excluding hydrogens is 394 g/mol. The molecule has 144 valence electrons. The maximum atomic E-state index is 12.6. The molecule has 3 aromatic rings. The van der Waals surface area contributed by atoms with Gasteiger partial charge in [-0.15, -0.1) is 23.1 Å². The molecule has 1 atom stereocenters. The summed E-state index contributed by atoms with van der Waals surface area (Å²) in [7, 11) is 0. The van der Waals surface area contributed by atoms with Crippen LogP contribution in [0.3, 0.4) is 0 Å². The average molecular weight is 414 g/mol. The second-order valence-electron chi connectivity index (χ2n) is 6.13. The Balaban J connectivity index is 1.88. The molecule has 2 heterocycles. The molecule has 1 N–H and O–H groups in total. The van der Waals surface area contributed by atoms with E-state index in [1.807, 2.05) is 25.1 Å². The highest BCUT2D eigenvalue weighted by Gasteiger charge is 2.21. The smallest absolute Gasteiger partial charge is 0.348 e. The maximum Gasteiger partial charge on any atom is 0.348 e. The topological polar surface area (TPSA) is 95.8 Å². The third-order valence-electron chi connectivity index (χ3n) is 4.29. The van der Waals surface area contributed by atoms with E-state index in [2.05, 4.69) is 16.0 Å². The fraction of sp³-hybridized carbons (Fsp3) is 0.300. The van der Waals surface area contributed by atoms with Gasteiger partial charge in [0.1, 0.15) is 15.5 Å². The first-order chi connectivity index (χ1) is 13.5. The second kappa shape index (κ2) is 8.59. The summed E-state index contributed by atoms with van der Waals surface area (Å²) in [6, 6.07) is 9.64. The third kappa shape index (κ3) is 3.96. The number of carbonyl (C=O) groups is 1. The van der Waals surface area contributed by atoms with E-state index < -0.39 is 5.97 Å². The number of thioether (sulfide) groups is 1. The first-order valence-electron chi connectivity index (χ1n) is 8.76. The van der Waals surface area contributed by atoms with Crippen molar-refractivity contribution in [3.05, 3.63) is 62.0 Å². The van der Waals surface area contributed by atoms with Gasteiger partial charge in [0.05, 0.1) is 28.9 Å². The van der Waals surface area contributed by atoms with Crippen LogP contribution in [0.5, 0.6) is 0 Å². The van der Waals surface area contributed by atoms with Gasteiger partial charge in [-0.25, -0.2) is 9.78 Å². The second-order valence-corrected chi connectivity index (χ2v) is 8.46. The lowest BCUT2D eigenvalue weighted by Crippen LogP contribution is -2.13. The van der Waals surface area contributed by atoms with E-state index in [1.54, 1.807) is 31.7 Å². The van der Waals surface area contributed by atoms with E-state index in [-0.39, 0.29) is 17.4 Å². The molecule has 0 saturated heterocycles. The Labute approximate surface area is 170 Å². The van der Waals surface area contributed by atoms with Crippen LogP contribution in [0.15, 0.2) is 29.1 Å². The van der Waals surface area contributed by atoms with Crippen LogP contribution in [-0.2, 0) is 10.5 Å². The first-order valence-corrected chi connectivity index (χ1v) is 10.6. The number of aryl methyl sites for hydroxylation is 1. The lowest BCUT2D eigenvalue weighted by molar-refractivity contribution is 0.0531. The molecule has 8 heteroatoms. The van der Waals surface area contributed by atoms with Crippen molar-refractivity contribution in [3.8, 4) is 6.07 Å². The zero-order valence-corrected chi connectivity index (χ0v) is 17.4. The van der Waals surface area contributed by atoms with Crippen LogP contribution in [0.25, 0.3) is 10.2 Å². The zero-order valence-electron chi connectivity index (χ0n) is 15.7. The van der Waals surface area contributed by atoms with Gasteiger partial charge in [-0.2, -0.15) is 5.26 Å². The van der Waals surface area contributed by atoms with Gasteiger partial charge in [-0.05, 0) is 38.0 Å². The molecule has 0 unspecified atom stereocenters. The van der Waals surface area contributed by atoms with Crippen molar-refractivity contribution in [2.24, 2.45) is 0 Å². The van der Waals surface area contributed by atoms with Gasteiger partial charge in [0.2, 0.25) is 0 Å². The summed E-state index contributed by atoms with van der Waals surface area (Å²) < 4.78 is 5.07. The molecule has 0 spiro atoms. The highest BCUT2D eigenvalue weighted by molar-refractivity contribution is 7.98. The minimum atomic E-state index is -0.431. The van der Waals surface area contributed by atoms with Crippen molar-refractivity contribution in [3.63, 3.8) is 0 Å². The summed E-state index contributed by atoms with van der Waals surface area (Å²) in [6.45, 7) is 5.71. The lowest BCUT2D eigenvalue weighted by Gasteiger charge is -2.11. The predicted octanol–water partition coefficient (Wildman–Crippen LogP) is 4.34. The van der Waals surface area contributed by atoms with E-state index in [4.69, 9.17) is 4.74 Å². The predicted molar refractivity (Wildman–Crippen MR) is 112 cm³/mol. The van der Waals surface area contributed by atoms with Crippen molar-refractivity contribution in [1.29, 1.82) is 5.26 Å². The molecule has 0 aliphatic rings. The van der Waals surface area contributed by atoms with E-state index in [9.17, 15) is 14.9 Å².